The summed E-state index contributed by atoms with van der Waals surface area (Å²) in [6, 6.07) is 10.6. The molecule has 1 N–H and O–H groups in total. The molecule has 2 fully saturated rings. The Hall–Kier alpha value is -0.860. The molecule has 2 heteroatoms. The lowest BCUT2D eigenvalue weighted by Gasteiger charge is -2.21. The summed E-state index contributed by atoms with van der Waals surface area (Å²) in [6.45, 7) is 5.63. The minimum atomic E-state index is 0.795. The molecule has 0 bridgehead atoms. The van der Waals surface area contributed by atoms with E-state index in [1.54, 1.807) is 0 Å². The Labute approximate surface area is 110 Å². The van der Waals surface area contributed by atoms with Crippen molar-refractivity contribution in [1.82, 2.24) is 10.2 Å². The van der Waals surface area contributed by atoms with E-state index in [4.69, 9.17) is 0 Å². The Balaban J connectivity index is 1.64. The second-order valence-corrected chi connectivity index (χ2v) is 5.72. The monoisotopic (exact) mass is 244 g/mol. The van der Waals surface area contributed by atoms with E-state index < -0.39 is 0 Å². The van der Waals surface area contributed by atoms with Gasteiger partial charge < -0.3 is 5.32 Å². The normalized spacial score (nSPS) is 19.4. The summed E-state index contributed by atoms with van der Waals surface area (Å²) >= 11 is 0. The average Bonchev–Trinajstić information content (AvgIpc) is 3.28. The minimum Gasteiger partial charge on any atom is -0.310 e. The molecular weight excluding hydrogens is 220 g/mol. The van der Waals surface area contributed by atoms with Crippen LogP contribution >= 0.6 is 0 Å². The Kier molecular flexibility index (Phi) is 3.67. The molecule has 18 heavy (non-hydrogen) atoms. The van der Waals surface area contributed by atoms with Crippen LogP contribution in [-0.4, -0.2) is 23.5 Å². The van der Waals surface area contributed by atoms with E-state index >= 15 is 0 Å². The number of benzene rings is 1. The molecule has 1 aromatic carbocycles. The van der Waals surface area contributed by atoms with Gasteiger partial charge in [0, 0.05) is 25.2 Å². The second-order valence-electron chi connectivity index (χ2n) is 5.72. The molecule has 0 spiro atoms. The largest absolute Gasteiger partial charge is 0.310 e. The van der Waals surface area contributed by atoms with Crippen molar-refractivity contribution in [2.24, 2.45) is 0 Å². The third-order valence-electron chi connectivity index (χ3n) is 4.12. The number of hydrogen-bond acceptors (Lipinski definition) is 2. The summed E-state index contributed by atoms with van der Waals surface area (Å²) in [6.07, 6.45) is 5.53. The smallest absolute Gasteiger partial charge is 0.0239 e. The molecule has 0 amide bonds. The topological polar surface area (TPSA) is 15.3 Å². The lowest BCUT2D eigenvalue weighted by molar-refractivity contribution is 0.268. The molecule has 0 aromatic heterocycles. The predicted molar refractivity (Wildman–Crippen MR) is 75.4 cm³/mol. The fourth-order valence-corrected chi connectivity index (χ4v) is 2.58. The van der Waals surface area contributed by atoms with Gasteiger partial charge in [0.15, 0.2) is 0 Å². The van der Waals surface area contributed by atoms with Crippen LogP contribution in [0, 0.1) is 0 Å². The van der Waals surface area contributed by atoms with Crippen molar-refractivity contribution in [3.63, 3.8) is 0 Å². The minimum absolute atomic E-state index is 0.795. The van der Waals surface area contributed by atoms with Gasteiger partial charge in [0.25, 0.3) is 0 Å². The molecule has 2 saturated carbocycles. The molecule has 2 nitrogen and oxygen atoms in total. The number of nitrogens with one attached hydrogen (secondary N) is 1. The molecule has 0 heterocycles. The van der Waals surface area contributed by atoms with Gasteiger partial charge in [-0.25, -0.2) is 0 Å². The van der Waals surface area contributed by atoms with Gasteiger partial charge in [0.1, 0.15) is 0 Å². The van der Waals surface area contributed by atoms with Crippen molar-refractivity contribution in [3.8, 4) is 0 Å². The molecular formula is C16H24N2. The average molecular weight is 244 g/mol. The van der Waals surface area contributed by atoms with Gasteiger partial charge in [0.2, 0.25) is 0 Å². The van der Waals surface area contributed by atoms with Gasteiger partial charge >= 0.3 is 0 Å². The van der Waals surface area contributed by atoms with Crippen LogP contribution in [0.1, 0.15) is 43.7 Å². The quantitative estimate of drug-likeness (QED) is 0.793. The summed E-state index contributed by atoms with van der Waals surface area (Å²) in [7, 11) is 0. The van der Waals surface area contributed by atoms with E-state index in [9.17, 15) is 0 Å². The van der Waals surface area contributed by atoms with E-state index in [2.05, 4.69) is 41.4 Å². The molecule has 0 aliphatic heterocycles. The zero-order valence-electron chi connectivity index (χ0n) is 11.4. The summed E-state index contributed by atoms with van der Waals surface area (Å²) in [4.78, 5) is 2.62. The number of hydrogen-bond donors (Lipinski definition) is 1. The van der Waals surface area contributed by atoms with Crippen molar-refractivity contribution >= 4 is 0 Å². The van der Waals surface area contributed by atoms with Crippen LogP contribution in [0.5, 0.6) is 0 Å². The summed E-state index contributed by atoms with van der Waals surface area (Å²) in [5.74, 6) is 0. The molecule has 0 unspecified atom stereocenters. The summed E-state index contributed by atoms with van der Waals surface area (Å²) in [5.41, 5.74) is 3.00. The van der Waals surface area contributed by atoms with Crippen LogP contribution in [0.4, 0.5) is 0 Å². The lowest BCUT2D eigenvalue weighted by atomic mass is 10.1. The SMILES string of the molecule is CCN(Cc1ccccc1CNC1CC1)C1CC1. The van der Waals surface area contributed by atoms with Crippen LogP contribution in [-0.2, 0) is 13.1 Å². The van der Waals surface area contributed by atoms with Crippen molar-refractivity contribution in [1.29, 1.82) is 0 Å². The van der Waals surface area contributed by atoms with Gasteiger partial charge in [-0.2, -0.15) is 0 Å². The highest BCUT2D eigenvalue weighted by molar-refractivity contribution is 5.27. The van der Waals surface area contributed by atoms with Crippen LogP contribution in [0.15, 0.2) is 24.3 Å². The maximum absolute atomic E-state index is 3.63. The van der Waals surface area contributed by atoms with E-state index in [0.717, 1.165) is 25.2 Å². The van der Waals surface area contributed by atoms with Crippen LogP contribution < -0.4 is 5.32 Å². The molecule has 2 aliphatic rings. The molecule has 2 aliphatic carbocycles. The first kappa shape index (κ1) is 12.2. The van der Waals surface area contributed by atoms with E-state index in [-0.39, 0.29) is 0 Å². The van der Waals surface area contributed by atoms with Crippen molar-refractivity contribution in [3.05, 3.63) is 35.4 Å². The fraction of sp³-hybridized carbons (Fsp3) is 0.625. The van der Waals surface area contributed by atoms with Gasteiger partial charge in [-0.05, 0) is 43.4 Å². The Bertz CT molecular complexity index is 394. The third kappa shape index (κ3) is 3.12. The van der Waals surface area contributed by atoms with Crippen molar-refractivity contribution in [2.75, 3.05) is 6.54 Å². The van der Waals surface area contributed by atoms with Crippen LogP contribution in [0.3, 0.4) is 0 Å². The highest BCUT2D eigenvalue weighted by atomic mass is 15.2. The maximum atomic E-state index is 3.63. The first-order chi connectivity index (χ1) is 8.86. The van der Waals surface area contributed by atoms with Crippen molar-refractivity contribution < 1.29 is 0 Å². The Morgan fingerprint density at radius 3 is 2.44 bits per heavy atom. The summed E-state index contributed by atoms with van der Waals surface area (Å²) < 4.78 is 0. The molecule has 0 radical (unpaired) electrons. The van der Waals surface area contributed by atoms with E-state index in [1.807, 2.05) is 0 Å². The van der Waals surface area contributed by atoms with Gasteiger partial charge in [-0.1, -0.05) is 31.2 Å². The molecule has 0 saturated heterocycles. The number of rotatable bonds is 7. The van der Waals surface area contributed by atoms with Gasteiger partial charge in [-0.3, -0.25) is 4.90 Å². The lowest BCUT2D eigenvalue weighted by Crippen LogP contribution is -2.26. The maximum Gasteiger partial charge on any atom is 0.0239 e. The van der Waals surface area contributed by atoms with E-state index in [1.165, 1.54) is 43.4 Å². The summed E-state index contributed by atoms with van der Waals surface area (Å²) in [5, 5.41) is 3.63. The first-order valence-electron chi connectivity index (χ1n) is 7.41. The third-order valence-corrected chi connectivity index (χ3v) is 4.12. The van der Waals surface area contributed by atoms with E-state index in [0.29, 0.717) is 0 Å². The Morgan fingerprint density at radius 1 is 1.11 bits per heavy atom. The van der Waals surface area contributed by atoms with Crippen LogP contribution in [0.25, 0.3) is 0 Å². The fourth-order valence-electron chi connectivity index (χ4n) is 2.58. The Morgan fingerprint density at radius 2 is 1.83 bits per heavy atom. The second kappa shape index (κ2) is 5.41. The predicted octanol–water partition coefficient (Wildman–Crippen LogP) is 2.92. The zero-order valence-corrected chi connectivity index (χ0v) is 11.4. The van der Waals surface area contributed by atoms with Gasteiger partial charge in [0.05, 0.1) is 0 Å². The zero-order chi connectivity index (χ0) is 12.4. The standard InChI is InChI=1S/C16H24N2/c1-2-18(16-9-10-16)12-14-6-4-3-5-13(14)11-17-15-7-8-15/h3-6,15-17H,2,7-12H2,1H3. The van der Waals surface area contributed by atoms with Crippen LogP contribution in [0.2, 0.25) is 0 Å². The van der Waals surface area contributed by atoms with Gasteiger partial charge in [-0.15, -0.1) is 0 Å². The highest BCUT2D eigenvalue weighted by Crippen LogP contribution is 2.28. The molecule has 3 rings (SSSR count). The highest BCUT2D eigenvalue weighted by Gasteiger charge is 2.28. The number of nitrogens with zero attached hydrogens (tertiary/aromatic N) is 1. The molecule has 98 valence electrons. The first-order valence-corrected chi connectivity index (χ1v) is 7.41. The van der Waals surface area contributed by atoms with Crippen molar-refractivity contribution in [2.45, 2.75) is 57.8 Å². The molecule has 0 atom stereocenters. The molecule has 1 aromatic rings.